The Hall–Kier alpha value is -0.680. The zero-order chi connectivity index (χ0) is 13.8. The molecule has 2 N–H and O–H groups in total. The molecule has 1 fully saturated rings. The molecule has 1 aromatic carbocycles. The molecule has 0 aromatic heterocycles. The van der Waals surface area contributed by atoms with Gasteiger partial charge in [-0.2, -0.15) is 0 Å². The number of anilines is 1. The van der Waals surface area contributed by atoms with Crippen LogP contribution in [0.3, 0.4) is 0 Å². The van der Waals surface area contributed by atoms with Crippen LogP contribution in [-0.4, -0.2) is 56.2 Å². The summed E-state index contributed by atoms with van der Waals surface area (Å²) >= 11 is 11.8. The Kier molecular flexibility index (Phi) is 5.16. The Balaban J connectivity index is 1.81. The molecule has 19 heavy (non-hydrogen) atoms. The summed E-state index contributed by atoms with van der Waals surface area (Å²) in [4.78, 5) is 4.71. The van der Waals surface area contributed by atoms with E-state index in [1.54, 1.807) is 12.1 Å². The zero-order valence-corrected chi connectivity index (χ0v) is 12.5. The highest BCUT2D eigenvalue weighted by molar-refractivity contribution is 6.42. The smallest absolute Gasteiger partial charge is 0.143 e. The number of likely N-dealkylation sites (N-methyl/N-ethyl adjacent to an activating group) is 1. The minimum absolute atomic E-state index is 0.450. The monoisotopic (exact) mass is 303 g/mol. The number of piperazine rings is 1. The van der Waals surface area contributed by atoms with Gasteiger partial charge in [0.25, 0.3) is 0 Å². The number of nitrogens with zero attached hydrogens (tertiary/aromatic N) is 2. The van der Waals surface area contributed by atoms with Crippen molar-refractivity contribution in [3.05, 3.63) is 22.2 Å². The fourth-order valence-electron chi connectivity index (χ4n) is 2.03. The van der Waals surface area contributed by atoms with Crippen LogP contribution in [0.5, 0.6) is 5.75 Å². The highest BCUT2D eigenvalue weighted by Gasteiger charge is 2.13. The number of nitrogen functional groups attached to an aromatic ring is 1. The van der Waals surface area contributed by atoms with Crippen molar-refractivity contribution in [1.29, 1.82) is 0 Å². The third-order valence-electron chi connectivity index (χ3n) is 3.31. The minimum atomic E-state index is 0.450. The second-order valence-corrected chi connectivity index (χ2v) is 5.61. The Bertz CT molecular complexity index is 434. The summed E-state index contributed by atoms with van der Waals surface area (Å²) in [6, 6.07) is 3.29. The largest absolute Gasteiger partial charge is 0.490 e. The van der Waals surface area contributed by atoms with Gasteiger partial charge >= 0.3 is 0 Å². The third kappa shape index (κ3) is 4.14. The van der Waals surface area contributed by atoms with Gasteiger partial charge in [-0.3, -0.25) is 4.90 Å². The van der Waals surface area contributed by atoms with Crippen molar-refractivity contribution in [2.75, 3.05) is 52.1 Å². The Labute approximate surface area is 124 Å². The molecule has 1 heterocycles. The van der Waals surface area contributed by atoms with Crippen LogP contribution in [0, 0.1) is 0 Å². The molecule has 0 radical (unpaired) electrons. The van der Waals surface area contributed by atoms with E-state index in [0.29, 0.717) is 28.1 Å². The molecule has 4 nitrogen and oxygen atoms in total. The van der Waals surface area contributed by atoms with Gasteiger partial charge in [0.05, 0.1) is 15.7 Å². The van der Waals surface area contributed by atoms with Crippen molar-refractivity contribution >= 4 is 28.9 Å². The van der Waals surface area contributed by atoms with E-state index < -0.39 is 0 Å². The summed E-state index contributed by atoms with van der Waals surface area (Å²) in [5, 5.41) is 0.913. The van der Waals surface area contributed by atoms with Gasteiger partial charge in [-0.05, 0) is 13.1 Å². The predicted molar refractivity (Wildman–Crippen MR) is 80.3 cm³/mol. The Morgan fingerprint density at radius 1 is 1.16 bits per heavy atom. The van der Waals surface area contributed by atoms with E-state index in [-0.39, 0.29) is 0 Å². The molecule has 6 heteroatoms. The van der Waals surface area contributed by atoms with E-state index in [4.69, 9.17) is 33.7 Å². The van der Waals surface area contributed by atoms with Gasteiger partial charge in [0.1, 0.15) is 12.4 Å². The van der Waals surface area contributed by atoms with Gasteiger partial charge in [0.2, 0.25) is 0 Å². The molecule has 1 aromatic rings. The van der Waals surface area contributed by atoms with Crippen LogP contribution >= 0.6 is 23.2 Å². The van der Waals surface area contributed by atoms with E-state index in [1.807, 2.05) is 0 Å². The van der Waals surface area contributed by atoms with Gasteiger partial charge < -0.3 is 15.4 Å². The molecular formula is C13H19Cl2N3O. The van der Waals surface area contributed by atoms with Crippen LogP contribution in [-0.2, 0) is 0 Å². The molecule has 0 aliphatic carbocycles. The van der Waals surface area contributed by atoms with Crippen molar-refractivity contribution in [1.82, 2.24) is 9.80 Å². The van der Waals surface area contributed by atoms with Crippen molar-refractivity contribution < 1.29 is 4.74 Å². The molecule has 0 unspecified atom stereocenters. The predicted octanol–water partition coefficient (Wildman–Crippen LogP) is 2.20. The van der Waals surface area contributed by atoms with Crippen molar-refractivity contribution in [3.8, 4) is 5.75 Å². The van der Waals surface area contributed by atoms with Crippen LogP contribution in [0.15, 0.2) is 12.1 Å². The summed E-state index contributed by atoms with van der Waals surface area (Å²) in [5.41, 5.74) is 6.36. The van der Waals surface area contributed by atoms with E-state index >= 15 is 0 Å². The van der Waals surface area contributed by atoms with Crippen LogP contribution < -0.4 is 10.5 Å². The van der Waals surface area contributed by atoms with Crippen LogP contribution in [0.2, 0.25) is 10.0 Å². The highest BCUT2D eigenvalue weighted by atomic mass is 35.5. The van der Waals surface area contributed by atoms with Crippen LogP contribution in [0.1, 0.15) is 0 Å². The maximum atomic E-state index is 5.95. The number of rotatable bonds is 4. The molecular weight excluding hydrogens is 285 g/mol. The molecule has 0 amide bonds. The number of ether oxygens (including phenoxy) is 1. The summed E-state index contributed by atoms with van der Waals surface area (Å²) in [6.45, 7) is 5.87. The second-order valence-electron chi connectivity index (χ2n) is 4.80. The van der Waals surface area contributed by atoms with Crippen molar-refractivity contribution in [2.24, 2.45) is 0 Å². The molecule has 1 aliphatic rings. The zero-order valence-electron chi connectivity index (χ0n) is 11.0. The molecule has 2 rings (SSSR count). The lowest BCUT2D eigenvalue weighted by Crippen LogP contribution is -2.45. The lowest BCUT2D eigenvalue weighted by atomic mass is 10.3. The van der Waals surface area contributed by atoms with E-state index in [2.05, 4.69) is 16.8 Å². The number of nitrogens with two attached hydrogens (primary N) is 1. The topological polar surface area (TPSA) is 41.7 Å². The number of hydrogen-bond acceptors (Lipinski definition) is 4. The summed E-state index contributed by atoms with van der Waals surface area (Å²) in [5.74, 6) is 0.600. The lowest BCUT2D eigenvalue weighted by Gasteiger charge is -2.32. The van der Waals surface area contributed by atoms with Gasteiger partial charge in [0.15, 0.2) is 0 Å². The minimum Gasteiger partial charge on any atom is -0.490 e. The first-order chi connectivity index (χ1) is 9.06. The van der Waals surface area contributed by atoms with E-state index in [0.717, 1.165) is 32.7 Å². The maximum absolute atomic E-state index is 5.95. The first-order valence-corrected chi connectivity index (χ1v) is 7.10. The Morgan fingerprint density at radius 3 is 2.47 bits per heavy atom. The number of benzene rings is 1. The van der Waals surface area contributed by atoms with Crippen LogP contribution in [0.4, 0.5) is 5.69 Å². The SMILES string of the molecule is CN1CCN(CCOc2cc(Cl)c(Cl)cc2N)CC1. The average Bonchev–Trinajstić information content (AvgIpc) is 2.38. The molecule has 0 spiro atoms. The normalized spacial score (nSPS) is 17.6. The van der Waals surface area contributed by atoms with E-state index in [1.165, 1.54) is 0 Å². The fourth-order valence-corrected chi connectivity index (χ4v) is 2.35. The molecule has 0 atom stereocenters. The number of hydrogen-bond donors (Lipinski definition) is 1. The Morgan fingerprint density at radius 2 is 1.79 bits per heavy atom. The lowest BCUT2D eigenvalue weighted by molar-refractivity contribution is 0.134. The first-order valence-electron chi connectivity index (χ1n) is 6.34. The standard InChI is InChI=1S/C13H19Cl2N3O/c1-17-2-4-18(5-3-17)6-7-19-13-9-11(15)10(14)8-12(13)16/h8-9H,2-7,16H2,1H3. The average molecular weight is 304 g/mol. The highest BCUT2D eigenvalue weighted by Crippen LogP contribution is 2.32. The summed E-state index contributed by atoms with van der Waals surface area (Å²) in [7, 11) is 2.14. The molecule has 0 bridgehead atoms. The van der Waals surface area contributed by atoms with Crippen molar-refractivity contribution in [2.45, 2.75) is 0 Å². The van der Waals surface area contributed by atoms with E-state index in [9.17, 15) is 0 Å². The molecule has 106 valence electrons. The maximum Gasteiger partial charge on any atom is 0.143 e. The number of halogens is 2. The molecule has 1 aliphatic heterocycles. The van der Waals surface area contributed by atoms with Crippen LogP contribution in [0.25, 0.3) is 0 Å². The molecule has 1 saturated heterocycles. The summed E-state index contributed by atoms with van der Waals surface area (Å²) in [6.07, 6.45) is 0. The third-order valence-corrected chi connectivity index (χ3v) is 4.04. The van der Waals surface area contributed by atoms with Crippen molar-refractivity contribution in [3.63, 3.8) is 0 Å². The fraction of sp³-hybridized carbons (Fsp3) is 0.538. The van der Waals surface area contributed by atoms with Gasteiger partial charge in [-0.25, -0.2) is 0 Å². The first kappa shape index (κ1) is 14.7. The van der Waals surface area contributed by atoms with Gasteiger partial charge in [-0.15, -0.1) is 0 Å². The second kappa shape index (κ2) is 6.66. The van der Waals surface area contributed by atoms with Gasteiger partial charge in [-0.1, -0.05) is 23.2 Å². The quantitative estimate of drug-likeness (QED) is 0.866. The molecule has 0 saturated carbocycles. The van der Waals surface area contributed by atoms with Gasteiger partial charge in [0, 0.05) is 38.8 Å². The summed E-state index contributed by atoms with van der Waals surface area (Å²) < 4.78 is 5.68.